The maximum atomic E-state index is 11.8. The summed E-state index contributed by atoms with van der Waals surface area (Å²) in [4.78, 5) is 16.1. The molecule has 0 atom stereocenters. The molecule has 2 aromatic rings. The lowest BCUT2D eigenvalue weighted by molar-refractivity contribution is 0.510. The second kappa shape index (κ2) is 8.35. The third-order valence-electron chi connectivity index (χ3n) is 3.52. The topological polar surface area (TPSA) is 47.8 Å². The van der Waals surface area contributed by atoms with Crippen LogP contribution < -0.4 is 5.56 Å². The summed E-state index contributed by atoms with van der Waals surface area (Å²) in [7, 11) is 0. The van der Waals surface area contributed by atoms with Gasteiger partial charge in [0.05, 0.1) is 5.69 Å². The summed E-state index contributed by atoms with van der Waals surface area (Å²) < 4.78 is 1.56. The molecule has 0 aliphatic carbocycles. The number of unbranched alkanes of at least 4 members (excludes halogenated alkanes) is 5. The van der Waals surface area contributed by atoms with E-state index in [0.29, 0.717) is 6.54 Å². The van der Waals surface area contributed by atoms with Crippen molar-refractivity contribution in [2.45, 2.75) is 52.0 Å². The average Bonchev–Trinajstić information content (AvgIpc) is 2.53. The first-order chi connectivity index (χ1) is 10.3. The van der Waals surface area contributed by atoms with Gasteiger partial charge < -0.3 is 0 Å². The van der Waals surface area contributed by atoms with Crippen LogP contribution in [0.1, 0.15) is 45.4 Å². The van der Waals surface area contributed by atoms with Gasteiger partial charge in [-0.2, -0.15) is 5.10 Å². The maximum absolute atomic E-state index is 11.8. The lowest BCUT2D eigenvalue weighted by Crippen LogP contribution is -2.22. The van der Waals surface area contributed by atoms with Crippen LogP contribution in [0, 0.1) is 0 Å². The van der Waals surface area contributed by atoms with E-state index in [2.05, 4.69) is 17.0 Å². The van der Waals surface area contributed by atoms with Gasteiger partial charge in [-0.1, -0.05) is 45.1 Å². The Balaban J connectivity index is 1.95. The largest absolute Gasteiger partial charge is 0.268 e. The van der Waals surface area contributed by atoms with Gasteiger partial charge >= 0.3 is 0 Å². The van der Waals surface area contributed by atoms with Crippen LogP contribution in [0.2, 0.25) is 0 Å². The fourth-order valence-electron chi connectivity index (χ4n) is 2.30. The normalized spacial score (nSPS) is 10.7. The zero-order valence-electron chi connectivity index (χ0n) is 12.7. The molecule has 0 amide bonds. The van der Waals surface area contributed by atoms with Crippen LogP contribution >= 0.6 is 0 Å². The van der Waals surface area contributed by atoms with Gasteiger partial charge in [0.1, 0.15) is 5.69 Å². The summed E-state index contributed by atoms with van der Waals surface area (Å²) in [6, 6.07) is 9.02. The second-order valence-electron chi connectivity index (χ2n) is 5.26. The van der Waals surface area contributed by atoms with E-state index >= 15 is 0 Å². The van der Waals surface area contributed by atoms with E-state index < -0.39 is 0 Å². The zero-order chi connectivity index (χ0) is 14.9. The maximum Gasteiger partial charge on any atom is 0.266 e. The van der Waals surface area contributed by atoms with Crippen molar-refractivity contribution in [3.8, 4) is 11.4 Å². The van der Waals surface area contributed by atoms with E-state index in [9.17, 15) is 4.79 Å². The predicted molar refractivity (Wildman–Crippen MR) is 85.1 cm³/mol. The Labute approximate surface area is 125 Å². The van der Waals surface area contributed by atoms with Crippen molar-refractivity contribution in [2.75, 3.05) is 0 Å². The van der Waals surface area contributed by atoms with Gasteiger partial charge in [-0.05, 0) is 24.6 Å². The van der Waals surface area contributed by atoms with E-state index in [0.717, 1.165) is 24.2 Å². The molecule has 2 heterocycles. The van der Waals surface area contributed by atoms with Crippen LogP contribution in [0.25, 0.3) is 11.4 Å². The van der Waals surface area contributed by atoms with Crippen LogP contribution in [0.5, 0.6) is 0 Å². The molecular formula is C17H23N3O. The Hall–Kier alpha value is -1.97. The molecular weight excluding hydrogens is 262 g/mol. The fraction of sp³-hybridized carbons (Fsp3) is 0.471. The molecule has 0 aliphatic heterocycles. The summed E-state index contributed by atoms with van der Waals surface area (Å²) in [5, 5.41) is 4.42. The predicted octanol–water partition coefficient (Wildman–Crippen LogP) is 3.67. The lowest BCUT2D eigenvalue weighted by atomic mass is 10.1. The number of rotatable bonds is 8. The highest BCUT2D eigenvalue weighted by molar-refractivity contribution is 5.52. The molecule has 112 valence electrons. The minimum absolute atomic E-state index is 0.0387. The van der Waals surface area contributed by atoms with Gasteiger partial charge in [-0.15, -0.1) is 0 Å². The molecule has 21 heavy (non-hydrogen) atoms. The lowest BCUT2D eigenvalue weighted by Gasteiger charge is -2.06. The first kappa shape index (κ1) is 15.4. The van der Waals surface area contributed by atoms with Crippen LogP contribution in [0.4, 0.5) is 0 Å². The molecule has 4 nitrogen and oxygen atoms in total. The monoisotopic (exact) mass is 285 g/mol. The molecule has 0 spiro atoms. The smallest absolute Gasteiger partial charge is 0.266 e. The molecule has 2 rings (SSSR count). The Kier molecular flexibility index (Phi) is 6.13. The number of aromatic nitrogens is 3. The van der Waals surface area contributed by atoms with Gasteiger partial charge in [0.25, 0.3) is 5.56 Å². The third-order valence-corrected chi connectivity index (χ3v) is 3.52. The molecule has 0 radical (unpaired) electrons. The van der Waals surface area contributed by atoms with Crippen LogP contribution in [0.15, 0.2) is 41.3 Å². The van der Waals surface area contributed by atoms with E-state index in [4.69, 9.17) is 0 Å². The standard InChI is InChI=1S/C17H23N3O/c1-2-3-4-5-6-9-14-20-17(21)12-11-16(19-20)15-10-7-8-13-18-15/h7-8,10-13H,2-6,9,14H2,1H3. The highest BCUT2D eigenvalue weighted by Gasteiger charge is 2.03. The SMILES string of the molecule is CCCCCCCCn1nc(-c2ccccn2)ccc1=O. The minimum Gasteiger partial charge on any atom is -0.268 e. The Morgan fingerprint density at radius 1 is 0.952 bits per heavy atom. The van der Waals surface area contributed by atoms with Crippen molar-refractivity contribution in [3.63, 3.8) is 0 Å². The molecule has 0 aliphatic rings. The molecule has 0 saturated carbocycles. The van der Waals surface area contributed by atoms with Crippen molar-refractivity contribution >= 4 is 0 Å². The van der Waals surface area contributed by atoms with Crippen molar-refractivity contribution in [3.05, 3.63) is 46.9 Å². The molecule has 0 bridgehead atoms. The highest BCUT2D eigenvalue weighted by Crippen LogP contribution is 2.11. The Morgan fingerprint density at radius 2 is 1.76 bits per heavy atom. The van der Waals surface area contributed by atoms with Crippen molar-refractivity contribution < 1.29 is 0 Å². The van der Waals surface area contributed by atoms with Gasteiger partial charge in [-0.3, -0.25) is 9.78 Å². The van der Waals surface area contributed by atoms with Gasteiger partial charge in [0, 0.05) is 18.8 Å². The van der Waals surface area contributed by atoms with Gasteiger partial charge in [-0.25, -0.2) is 4.68 Å². The number of aryl methyl sites for hydroxylation is 1. The van der Waals surface area contributed by atoms with Crippen molar-refractivity contribution in [2.24, 2.45) is 0 Å². The number of nitrogens with zero attached hydrogens (tertiary/aromatic N) is 3. The number of hydrogen-bond acceptors (Lipinski definition) is 3. The van der Waals surface area contributed by atoms with Crippen molar-refractivity contribution in [1.29, 1.82) is 0 Å². The summed E-state index contributed by atoms with van der Waals surface area (Å²) in [5.74, 6) is 0. The Bertz CT molecular complexity index is 592. The fourth-order valence-corrected chi connectivity index (χ4v) is 2.30. The first-order valence-corrected chi connectivity index (χ1v) is 7.81. The van der Waals surface area contributed by atoms with Gasteiger partial charge in [0.15, 0.2) is 0 Å². The quantitative estimate of drug-likeness (QED) is 0.695. The molecule has 0 saturated heterocycles. The van der Waals surface area contributed by atoms with Crippen molar-refractivity contribution in [1.82, 2.24) is 14.8 Å². The van der Waals surface area contributed by atoms with E-state index in [1.807, 2.05) is 18.2 Å². The van der Waals surface area contributed by atoms with E-state index in [-0.39, 0.29) is 5.56 Å². The Morgan fingerprint density at radius 3 is 2.52 bits per heavy atom. The second-order valence-corrected chi connectivity index (χ2v) is 5.26. The summed E-state index contributed by atoms with van der Waals surface area (Å²) in [6.07, 6.45) is 8.97. The molecule has 0 fully saturated rings. The molecule has 4 heteroatoms. The van der Waals surface area contributed by atoms with E-state index in [1.54, 1.807) is 23.0 Å². The van der Waals surface area contributed by atoms with Gasteiger partial charge in [0.2, 0.25) is 0 Å². The van der Waals surface area contributed by atoms with E-state index in [1.165, 1.54) is 25.7 Å². The molecule has 0 unspecified atom stereocenters. The summed E-state index contributed by atoms with van der Waals surface area (Å²) in [5.41, 5.74) is 1.51. The van der Waals surface area contributed by atoms with Crippen LogP contribution in [-0.2, 0) is 6.54 Å². The molecule has 0 N–H and O–H groups in total. The summed E-state index contributed by atoms with van der Waals surface area (Å²) >= 11 is 0. The molecule has 0 aromatic carbocycles. The van der Waals surface area contributed by atoms with Crippen LogP contribution in [-0.4, -0.2) is 14.8 Å². The minimum atomic E-state index is -0.0387. The average molecular weight is 285 g/mol. The first-order valence-electron chi connectivity index (χ1n) is 7.81. The number of hydrogen-bond donors (Lipinski definition) is 0. The summed E-state index contributed by atoms with van der Waals surface area (Å²) in [6.45, 7) is 2.90. The third kappa shape index (κ3) is 4.81. The number of pyridine rings is 1. The molecule has 2 aromatic heterocycles. The van der Waals surface area contributed by atoms with Crippen LogP contribution in [0.3, 0.4) is 0 Å². The zero-order valence-corrected chi connectivity index (χ0v) is 12.7. The highest BCUT2D eigenvalue weighted by atomic mass is 16.1.